The molecule has 6 heteroatoms. The number of rotatable bonds is 5. The molecule has 1 amide bonds. The zero-order valence-electron chi connectivity index (χ0n) is 19.2. The fourth-order valence-electron chi connectivity index (χ4n) is 4.40. The summed E-state index contributed by atoms with van der Waals surface area (Å²) in [5.74, 6) is -0.615. The number of anilines is 2. The summed E-state index contributed by atoms with van der Waals surface area (Å²) in [4.78, 5) is 21.8. The van der Waals surface area contributed by atoms with Crippen LogP contribution in [-0.2, 0) is 0 Å². The van der Waals surface area contributed by atoms with Crippen LogP contribution in [0.5, 0.6) is 0 Å². The summed E-state index contributed by atoms with van der Waals surface area (Å²) in [6, 6.07) is 22.4. The van der Waals surface area contributed by atoms with Gasteiger partial charge in [-0.25, -0.2) is 4.39 Å². The number of aromatic nitrogens is 1. The number of likely N-dealkylation sites (N-methyl/N-ethyl adjacent to an activating group) is 1. The number of nitrogens with one attached hydrogen (secondary N) is 1. The van der Waals surface area contributed by atoms with E-state index < -0.39 is 0 Å². The number of benzene rings is 3. The summed E-state index contributed by atoms with van der Waals surface area (Å²) in [6.45, 7) is 6.61. The highest BCUT2D eigenvalue weighted by Crippen LogP contribution is 2.26. The maximum atomic E-state index is 14.8. The zero-order chi connectivity index (χ0) is 23.5. The van der Waals surface area contributed by atoms with Crippen molar-refractivity contribution in [1.29, 1.82) is 0 Å². The number of halogens is 1. The first-order valence-corrected chi connectivity index (χ1v) is 11.6. The summed E-state index contributed by atoms with van der Waals surface area (Å²) < 4.78 is 14.8. The molecule has 0 saturated carbocycles. The standard InChI is InChI=1S/C28H27FN4O/c1-2-32-12-14-33(15-13-32)27-11-10-24(18-25(27)29)31-28(34)22-9-8-21-16-23(19-30-26(21)17-22)20-6-4-3-5-7-20/h3-11,16-19H,2,12-15H2,1H3,(H,31,34). The summed E-state index contributed by atoms with van der Waals surface area (Å²) in [6.07, 6.45) is 1.81. The number of hydrogen-bond acceptors (Lipinski definition) is 4. The predicted octanol–water partition coefficient (Wildman–Crippen LogP) is 5.44. The van der Waals surface area contributed by atoms with Crippen LogP contribution in [0.1, 0.15) is 17.3 Å². The highest BCUT2D eigenvalue weighted by molar-refractivity contribution is 6.06. The van der Waals surface area contributed by atoms with Crippen molar-refractivity contribution >= 4 is 28.2 Å². The third-order valence-electron chi connectivity index (χ3n) is 6.42. The van der Waals surface area contributed by atoms with Crippen LogP contribution in [0.2, 0.25) is 0 Å². The lowest BCUT2D eigenvalue weighted by atomic mass is 10.0. The van der Waals surface area contributed by atoms with Crippen LogP contribution in [-0.4, -0.2) is 48.5 Å². The van der Waals surface area contributed by atoms with Gasteiger partial charge in [-0.15, -0.1) is 0 Å². The normalized spacial score (nSPS) is 14.4. The number of fused-ring (bicyclic) bond motifs is 1. The van der Waals surface area contributed by atoms with E-state index in [1.54, 1.807) is 24.3 Å². The highest BCUT2D eigenvalue weighted by atomic mass is 19.1. The van der Waals surface area contributed by atoms with E-state index in [1.165, 1.54) is 6.07 Å². The fraction of sp³-hybridized carbons (Fsp3) is 0.214. The Balaban J connectivity index is 1.30. The summed E-state index contributed by atoms with van der Waals surface area (Å²) in [5.41, 5.74) is 4.35. The van der Waals surface area contributed by atoms with E-state index >= 15 is 0 Å². The minimum absolute atomic E-state index is 0.292. The Labute approximate surface area is 198 Å². The number of piperazine rings is 1. The first kappa shape index (κ1) is 22.0. The van der Waals surface area contributed by atoms with Crippen molar-refractivity contribution in [3.8, 4) is 11.1 Å². The number of pyridine rings is 1. The van der Waals surface area contributed by atoms with E-state index in [0.29, 0.717) is 16.9 Å². The molecule has 34 heavy (non-hydrogen) atoms. The lowest BCUT2D eigenvalue weighted by Gasteiger charge is -2.35. The lowest BCUT2D eigenvalue weighted by molar-refractivity contribution is 0.102. The predicted molar refractivity (Wildman–Crippen MR) is 136 cm³/mol. The number of amides is 1. The van der Waals surface area contributed by atoms with Gasteiger partial charge >= 0.3 is 0 Å². The molecule has 0 bridgehead atoms. The molecule has 0 radical (unpaired) electrons. The van der Waals surface area contributed by atoms with Gasteiger partial charge in [0.25, 0.3) is 5.91 Å². The molecule has 4 aromatic rings. The first-order valence-electron chi connectivity index (χ1n) is 11.6. The number of nitrogens with zero attached hydrogens (tertiary/aromatic N) is 3. The molecule has 5 nitrogen and oxygen atoms in total. The highest BCUT2D eigenvalue weighted by Gasteiger charge is 2.19. The SMILES string of the molecule is CCN1CCN(c2ccc(NC(=O)c3ccc4cc(-c5ccccc5)cnc4c3)cc2F)CC1. The molecule has 172 valence electrons. The Morgan fingerprint density at radius 2 is 1.74 bits per heavy atom. The van der Waals surface area contributed by atoms with Gasteiger partial charge in [-0.05, 0) is 48.5 Å². The molecule has 1 fully saturated rings. The maximum absolute atomic E-state index is 14.8. The molecule has 5 rings (SSSR count). The molecule has 0 unspecified atom stereocenters. The molecule has 0 atom stereocenters. The van der Waals surface area contributed by atoms with E-state index in [4.69, 9.17) is 0 Å². The van der Waals surface area contributed by atoms with E-state index in [9.17, 15) is 9.18 Å². The minimum Gasteiger partial charge on any atom is -0.367 e. The number of carbonyl (C=O) groups is 1. The van der Waals surface area contributed by atoms with Crippen LogP contribution >= 0.6 is 0 Å². The van der Waals surface area contributed by atoms with E-state index in [-0.39, 0.29) is 11.7 Å². The number of carbonyl (C=O) groups excluding carboxylic acids is 1. The molecule has 0 aliphatic carbocycles. The Bertz CT molecular complexity index is 1320. The smallest absolute Gasteiger partial charge is 0.255 e. The summed E-state index contributed by atoms with van der Waals surface area (Å²) in [7, 11) is 0. The Morgan fingerprint density at radius 3 is 2.47 bits per heavy atom. The van der Waals surface area contributed by atoms with Crippen LogP contribution in [0.15, 0.2) is 79.0 Å². The Hall–Kier alpha value is -3.77. The van der Waals surface area contributed by atoms with Crippen molar-refractivity contribution in [3.63, 3.8) is 0 Å². The minimum atomic E-state index is -0.323. The second kappa shape index (κ2) is 9.61. The van der Waals surface area contributed by atoms with E-state index in [1.807, 2.05) is 42.6 Å². The monoisotopic (exact) mass is 454 g/mol. The van der Waals surface area contributed by atoms with Crippen LogP contribution in [0.3, 0.4) is 0 Å². The van der Waals surface area contributed by atoms with E-state index in [2.05, 4.69) is 33.1 Å². The van der Waals surface area contributed by atoms with Gasteiger partial charge in [-0.1, -0.05) is 43.3 Å². The third kappa shape index (κ3) is 4.63. The van der Waals surface area contributed by atoms with Crippen molar-refractivity contribution in [2.45, 2.75) is 6.92 Å². The zero-order valence-corrected chi connectivity index (χ0v) is 19.2. The van der Waals surface area contributed by atoms with Gasteiger partial charge in [-0.2, -0.15) is 0 Å². The average molecular weight is 455 g/mol. The first-order chi connectivity index (χ1) is 16.6. The van der Waals surface area contributed by atoms with Gasteiger partial charge < -0.3 is 15.1 Å². The molecular weight excluding hydrogens is 427 g/mol. The van der Waals surface area contributed by atoms with Crippen molar-refractivity contribution in [1.82, 2.24) is 9.88 Å². The number of hydrogen-bond donors (Lipinski definition) is 1. The maximum Gasteiger partial charge on any atom is 0.255 e. The van der Waals surface area contributed by atoms with Crippen molar-refractivity contribution < 1.29 is 9.18 Å². The third-order valence-corrected chi connectivity index (χ3v) is 6.42. The van der Waals surface area contributed by atoms with Crippen LogP contribution < -0.4 is 10.2 Å². The molecule has 1 aliphatic rings. The quantitative estimate of drug-likeness (QED) is 0.437. The largest absolute Gasteiger partial charge is 0.367 e. The summed E-state index contributed by atoms with van der Waals surface area (Å²) >= 11 is 0. The van der Waals surface area contributed by atoms with Crippen LogP contribution in [0, 0.1) is 5.82 Å². The van der Waals surface area contributed by atoms with Crippen molar-refractivity contribution in [2.75, 3.05) is 42.9 Å². The van der Waals surface area contributed by atoms with Crippen LogP contribution in [0.4, 0.5) is 15.8 Å². The van der Waals surface area contributed by atoms with Gasteiger partial charge in [0.1, 0.15) is 5.82 Å². The lowest BCUT2D eigenvalue weighted by Crippen LogP contribution is -2.46. The molecule has 1 aromatic heterocycles. The second-order valence-corrected chi connectivity index (χ2v) is 8.54. The van der Waals surface area contributed by atoms with Gasteiger partial charge in [0.05, 0.1) is 11.2 Å². The fourth-order valence-corrected chi connectivity index (χ4v) is 4.40. The average Bonchev–Trinajstić information content (AvgIpc) is 2.89. The molecule has 1 aliphatic heterocycles. The van der Waals surface area contributed by atoms with Crippen molar-refractivity contribution in [3.05, 3.63) is 90.4 Å². The van der Waals surface area contributed by atoms with Gasteiger partial charge in [-0.3, -0.25) is 9.78 Å². The van der Waals surface area contributed by atoms with Gasteiger partial charge in [0, 0.05) is 54.6 Å². The molecule has 0 spiro atoms. The van der Waals surface area contributed by atoms with Gasteiger partial charge in [0.15, 0.2) is 0 Å². The molecule has 2 heterocycles. The van der Waals surface area contributed by atoms with Crippen molar-refractivity contribution in [2.24, 2.45) is 0 Å². The molecule has 1 N–H and O–H groups in total. The Morgan fingerprint density at radius 1 is 0.941 bits per heavy atom. The molecule has 3 aromatic carbocycles. The topological polar surface area (TPSA) is 48.5 Å². The van der Waals surface area contributed by atoms with Crippen LogP contribution in [0.25, 0.3) is 22.0 Å². The van der Waals surface area contributed by atoms with Gasteiger partial charge in [0.2, 0.25) is 0 Å². The Kier molecular flexibility index (Phi) is 6.23. The summed E-state index contributed by atoms with van der Waals surface area (Å²) in [5, 5.41) is 3.77. The van der Waals surface area contributed by atoms with E-state index in [0.717, 1.165) is 54.8 Å². The molecular formula is C28H27FN4O. The second-order valence-electron chi connectivity index (χ2n) is 8.54. The molecule has 1 saturated heterocycles.